The molecule has 2 heterocycles. The van der Waals surface area contributed by atoms with Crippen LogP contribution in [0.2, 0.25) is 0 Å². The number of aromatic nitrogens is 3. The summed E-state index contributed by atoms with van der Waals surface area (Å²) in [6.07, 6.45) is 1.62. The van der Waals surface area contributed by atoms with E-state index in [2.05, 4.69) is 20.4 Å². The normalized spacial score (nSPS) is 11.6. The molecule has 148 valence electrons. The molecular weight excluding hydrogens is 382 g/mol. The first kappa shape index (κ1) is 21.3. The monoisotopic (exact) mass is 403 g/mol. The number of nitrogens with one attached hydrogen (secondary N) is 1. The van der Waals surface area contributed by atoms with Crippen molar-refractivity contribution in [3.63, 3.8) is 0 Å². The number of para-hydroxylation sites is 1. The molecule has 0 aliphatic heterocycles. The number of carbonyl (C=O) groups is 1. The van der Waals surface area contributed by atoms with Crippen molar-refractivity contribution in [2.75, 3.05) is 0 Å². The standard InChI is InChI=1S/C19H21N5O3.ClH/c1-12(2)16(20)18(25)22-11-15-23-17(24-27-15)14-9-6-10-21-19(14)26-13-7-4-3-5-8-13;/h3-10,12,16H,11,20H2,1-2H3,(H,22,25);1H/t16-;/m0./s1. The van der Waals surface area contributed by atoms with E-state index in [-0.39, 0.29) is 36.7 Å². The highest BCUT2D eigenvalue weighted by atomic mass is 35.5. The van der Waals surface area contributed by atoms with Crippen LogP contribution in [-0.4, -0.2) is 27.1 Å². The highest BCUT2D eigenvalue weighted by molar-refractivity contribution is 5.85. The maximum absolute atomic E-state index is 11.9. The second-order valence-electron chi connectivity index (χ2n) is 6.27. The van der Waals surface area contributed by atoms with Crippen LogP contribution in [0.3, 0.4) is 0 Å². The third kappa shape index (κ3) is 5.28. The molecule has 0 unspecified atom stereocenters. The van der Waals surface area contributed by atoms with Crippen LogP contribution in [0.5, 0.6) is 11.6 Å². The Kier molecular flexibility index (Phi) is 7.48. The van der Waals surface area contributed by atoms with Crippen LogP contribution in [0.4, 0.5) is 0 Å². The molecule has 3 aromatic rings. The van der Waals surface area contributed by atoms with Gasteiger partial charge in [-0.2, -0.15) is 4.98 Å². The van der Waals surface area contributed by atoms with Crippen LogP contribution in [0, 0.1) is 5.92 Å². The first-order valence-corrected chi connectivity index (χ1v) is 8.58. The van der Waals surface area contributed by atoms with Gasteiger partial charge in [-0.25, -0.2) is 4.98 Å². The fourth-order valence-corrected chi connectivity index (χ4v) is 2.26. The quantitative estimate of drug-likeness (QED) is 0.622. The summed E-state index contributed by atoms with van der Waals surface area (Å²) in [5.74, 6) is 1.38. The minimum Gasteiger partial charge on any atom is -0.438 e. The number of nitrogens with zero attached hydrogens (tertiary/aromatic N) is 3. The summed E-state index contributed by atoms with van der Waals surface area (Å²) in [5.41, 5.74) is 6.39. The molecule has 0 bridgehead atoms. The molecule has 2 aromatic heterocycles. The van der Waals surface area contributed by atoms with Crippen molar-refractivity contribution >= 4 is 18.3 Å². The van der Waals surface area contributed by atoms with E-state index in [9.17, 15) is 4.79 Å². The number of nitrogens with two attached hydrogens (primary N) is 1. The summed E-state index contributed by atoms with van der Waals surface area (Å²) >= 11 is 0. The Bertz CT molecular complexity index is 901. The number of amides is 1. The van der Waals surface area contributed by atoms with Crippen molar-refractivity contribution in [2.45, 2.75) is 26.4 Å². The number of hydrogen-bond acceptors (Lipinski definition) is 7. The van der Waals surface area contributed by atoms with Crippen molar-refractivity contribution in [1.29, 1.82) is 0 Å². The summed E-state index contributed by atoms with van der Waals surface area (Å²) in [6, 6.07) is 12.2. The lowest BCUT2D eigenvalue weighted by Crippen LogP contribution is -2.43. The SMILES string of the molecule is CC(C)[C@H](N)C(=O)NCc1nc(-c2cccnc2Oc2ccccc2)no1.Cl. The van der Waals surface area contributed by atoms with E-state index in [1.54, 1.807) is 18.3 Å². The lowest BCUT2D eigenvalue weighted by molar-refractivity contribution is -0.123. The van der Waals surface area contributed by atoms with Gasteiger partial charge < -0.3 is 20.3 Å². The van der Waals surface area contributed by atoms with Gasteiger partial charge in [0.1, 0.15) is 5.75 Å². The molecule has 0 aliphatic carbocycles. The van der Waals surface area contributed by atoms with E-state index < -0.39 is 6.04 Å². The third-order valence-electron chi connectivity index (χ3n) is 3.87. The molecule has 1 amide bonds. The van der Waals surface area contributed by atoms with Gasteiger partial charge in [0, 0.05) is 6.20 Å². The highest BCUT2D eigenvalue weighted by Crippen LogP contribution is 2.29. The smallest absolute Gasteiger partial charge is 0.246 e. The van der Waals surface area contributed by atoms with E-state index in [0.29, 0.717) is 23.0 Å². The zero-order valence-electron chi connectivity index (χ0n) is 15.5. The summed E-state index contributed by atoms with van der Waals surface area (Å²) in [7, 11) is 0. The van der Waals surface area contributed by atoms with Crippen molar-refractivity contribution in [1.82, 2.24) is 20.4 Å². The van der Waals surface area contributed by atoms with Gasteiger partial charge in [0.2, 0.25) is 23.5 Å². The molecular formula is C19H22ClN5O3. The van der Waals surface area contributed by atoms with Gasteiger partial charge in [-0.3, -0.25) is 4.79 Å². The maximum atomic E-state index is 11.9. The second-order valence-corrected chi connectivity index (χ2v) is 6.27. The fraction of sp³-hybridized carbons (Fsp3) is 0.263. The minimum absolute atomic E-state index is 0. The summed E-state index contributed by atoms with van der Waals surface area (Å²) in [6.45, 7) is 3.86. The number of pyridine rings is 1. The number of hydrogen-bond donors (Lipinski definition) is 2. The van der Waals surface area contributed by atoms with Gasteiger partial charge in [-0.05, 0) is 30.2 Å². The molecule has 28 heavy (non-hydrogen) atoms. The van der Waals surface area contributed by atoms with Crippen LogP contribution in [0.15, 0.2) is 53.2 Å². The number of rotatable bonds is 7. The van der Waals surface area contributed by atoms with Crippen molar-refractivity contribution in [2.24, 2.45) is 11.7 Å². The molecule has 0 fully saturated rings. The molecule has 0 radical (unpaired) electrons. The average molecular weight is 404 g/mol. The Morgan fingerprint density at radius 3 is 2.68 bits per heavy atom. The van der Waals surface area contributed by atoms with Crippen LogP contribution in [0.25, 0.3) is 11.4 Å². The number of halogens is 1. The van der Waals surface area contributed by atoms with Crippen molar-refractivity contribution in [3.05, 3.63) is 54.6 Å². The Morgan fingerprint density at radius 2 is 1.96 bits per heavy atom. The Hall–Kier alpha value is -2.97. The number of benzene rings is 1. The minimum atomic E-state index is -0.586. The third-order valence-corrected chi connectivity index (χ3v) is 3.87. The van der Waals surface area contributed by atoms with Gasteiger partial charge >= 0.3 is 0 Å². The van der Waals surface area contributed by atoms with E-state index in [0.717, 1.165) is 0 Å². The summed E-state index contributed by atoms with van der Waals surface area (Å²) in [5, 5.41) is 6.65. The molecule has 8 nitrogen and oxygen atoms in total. The average Bonchev–Trinajstić information content (AvgIpc) is 3.15. The molecule has 0 saturated carbocycles. The summed E-state index contributed by atoms with van der Waals surface area (Å²) < 4.78 is 11.0. The van der Waals surface area contributed by atoms with Gasteiger partial charge in [-0.1, -0.05) is 37.2 Å². The first-order chi connectivity index (χ1) is 13.0. The van der Waals surface area contributed by atoms with Crippen LogP contribution in [0.1, 0.15) is 19.7 Å². The Labute approximate surface area is 168 Å². The number of ether oxygens (including phenoxy) is 1. The van der Waals surface area contributed by atoms with E-state index in [4.69, 9.17) is 15.0 Å². The van der Waals surface area contributed by atoms with Crippen molar-refractivity contribution in [3.8, 4) is 23.0 Å². The molecule has 0 spiro atoms. The Morgan fingerprint density at radius 1 is 1.21 bits per heavy atom. The molecule has 3 rings (SSSR count). The van der Waals surface area contributed by atoms with Crippen molar-refractivity contribution < 1.29 is 14.1 Å². The van der Waals surface area contributed by atoms with Gasteiger partial charge in [-0.15, -0.1) is 12.4 Å². The largest absolute Gasteiger partial charge is 0.438 e. The molecule has 3 N–H and O–H groups in total. The van der Waals surface area contributed by atoms with Crippen LogP contribution >= 0.6 is 12.4 Å². The van der Waals surface area contributed by atoms with Gasteiger partial charge in [0.25, 0.3) is 0 Å². The van der Waals surface area contributed by atoms with E-state index in [1.165, 1.54) is 0 Å². The highest BCUT2D eigenvalue weighted by Gasteiger charge is 2.19. The van der Waals surface area contributed by atoms with E-state index >= 15 is 0 Å². The van der Waals surface area contributed by atoms with E-state index in [1.807, 2.05) is 44.2 Å². The maximum Gasteiger partial charge on any atom is 0.246 e. The predicted molar refractivity (Wildman–Crippen MR) is 106 cm³/mol. The zero-order chi connectivity index (χ0) is 19.2. The van der Waals surface area contributed by atoms with Gasteiger partial charge in [0.05, 0.1) is 18.2 Å². The molecule has 0 aliphatic rings. The lowest BCUT2D eigenvalue weighted by atomic mass is 10.1. The zero-order valence-corrected chi connectivity index (χ0v) is 16.3. The Balaban J connectivity index is 0.00000280. The number of carbonyl (C=O) groups excluding carboxylic acids is 1. The fourth-order valence-electron chi connectivity index (χ4n) is 2.26. The van der Waals surface area contributed by atoms with Crippen LogP contribution in [-0.2, 0) is 11.3 Å². The molecule has 1 atom stereocenters. The molecule has 0 saturated heterocycles. The van der Waals surface area contributed by atoms with Crippen LogP contribution < -0.4 is 15.8 Å². The molecule has 9 heteroatoms. The van der Waals surface area contributed by atoms with Gasteiger partial charge in [0.15, 0.2) is 0 Å². The lowest BCUT2D eigenvalue weighted by Gasteiger charge is -2.14. The first-order valence-electron chi connectivity index (χ1n) is 8.58. The second kappa shape index (κ2) is 9.82. The summed E-state index contributed by atoms with van der Waals surface area (Å²) in [4.78, 5) is 20.5. The topological polar surface area (TPSA) is 116 Å². The predicted octanol–water partition coefficient (Wildman–Crippen LogP) is 2.95. The molecule has 1 aromatic carbocycles.